The fourth-order valence-corrected chi connectivity index (χ4v) is 1.86. The number of nitro benzene ring substituents is 1. The maximum atomic E-state index is 11.0. The molecule has 7 nitrogen and oxygen atoms in total. The van der Waals surface area contributed by atoms with Gasteiger partial charge in [-0.1, -0.05) is 23.7 Å². The van der Waals surface area contributed by atoms with E-state index in [9.17, 15) is 14.9 Å². The maximum absolute atomic E-state index is 11.0. The van der Waals surface area contributed by atoms with E-state index in [1.807, 2.05) is 0 Å². The summed E-state index contributed by atoms with van der Waals surface area (Å²) >= 11 is 5.72. The fourth-order valence-electron chi connectivity index (χ4n) is 1.67. The molecule has 0 radical (unpaired) electrons. The highest BCUT2D eigenvalue weighted by Crippen LogP contribution is 2.19. The quantitative estimate of drug-likeness (QED) is 0.650. The van der Waals surface area contributed by atoms with Gasteiger partial charge in [-0.2, -0.15) is 0 Å². The second-order valence-corrected chi connectivity index (χ2v) is 4.54. The van der Waals surface area contributed by atoms with Gasteiger partial charge in [0.1, 0.15) is 5.82 Å². The number of halogens is 1. The lowest BCUT2D eigenvalue weighted by molar-refractivity contribution is -0.384. The molecule has 2 aromatic rings. The zero-order chi connectivity index (χ0) is 15.4. The number of hydrogen-bond acceptors (Lipinski definition) is 5. The van der Waals surface area contributed by atoms with Crippen LogP contribution in [0.15, 0.2) is 36.5 Å². The number of carboxylic acids is 1. The molecule has 108 valence electrons. The molecule has 0 aliphatic heterocycles. The lowest BCUT2D eigenvalue weighted by Gasteiger charge is -2.07. The van der Waals surface area contributed by atoms with Gasteiger partial charge in [-0.3, -0.25) is 10.1 Å². The van der Waals surface area contributed by atoms with Crippen molar-refractivity contribution in [2.45, 2.75) is 6.54 Å². The third-order valence-electron chi connectivity index (χ3n) is 2.68. The molecule has 0 unspecified atom stereocenters. The molecule has 2 N–H and O–H groups in total. The number of carboxylic acid groups (broad SMARTS) is 1. The Kier molecular flexibility index (Phi) is 4.34. The van der Waals surface area contributed by atoms with Crippen molar-refractivity contribution in [3.05, 3.63) is 62.8 Å². The number of nitrogens with zero attached hydrogens (tertiary/aromatic N) is 2. The summed E-state index contributed by atoms with van der Waals surface area (Å²) in [6.07, 6.45) is 1.24. The highest BCUT2D eigenvalue weighted by molar-refractivity contribution is 6.33. The lowest BCUT2D eigenvalue weighted by Crippen LogP contribution is -2.05. The van der Waals surface area contributed by atoms with Crippen LogP contribution >= 0.6 is 11.6 Å². The number of pyridine rings is 1. The predicted octanol–water partition coefficient (Wildman–Crippen LogP) is 2.95. The number of hydrogen-bond donors (Lipinski definition) is 2. The molecule has 0 aliphatic carbocycles. The number of nitrogens with one attached hydrogen (secondary N) is 1. The van der Waals surface area contributed by atoms with Crippen molar-refractivity contribution >= 4 is 29.1 Å². The molecule has 0 atom stereocenters. The SMILES string of the molecule is O=C(O)c1cc(NCc2cccc([N+](=O)[O-])c2)ncc1Cl. The Morgan fingerprint density at radius 3 is 2.86 bits per heavy atom. The Hall–Kier alpha value is -2.67. The number of benzene rings is 1. The number of rotatable bonds is 5. The maximum Gasteiger partial charge on any atom is 0.337 e. The van der Waals surface area contributed by atoms with E-state index in [-0.39, 0.29) is 22.8 Å². The van der Waals surface area contributed by atoms with Crippen molar-refractivity contribution in [2.75, 3.05) is 5.32 Å². The fraction of sp³-hybridized carbons (Fsp3) is 0.0769. The molecule has 1 heterocycles. The van der Waals surface area contributed by atoms with Crippen LogP contribution in [0.4, 0.5) is 11.5 Å². The van der Waals surface area contributed by atoms with Gasteiger partial charge in [0.05, 0.1) is 15.5 Å². The molecule has 0 bridgehead atoms. The van der Waals surface area contributed by atoms with Gasteiger partial charge >= 0.3 is 5.97 Å². The highest BCUT2D eigenvalue weighted by Gasteiger charge is 2.11. The summed E-state index contributed by atoms with van der Waals surface area (Å²) in [6.45, 7) is 0.273. The molecular weight excluding hydrogens is 298 g/mol. The van der Waals surface area contributed by atoms with Crippen LogP contribution in [0.5, 0.6) is 0 Å². The van der Waals surface area contributed by atoms with E-state index in [4.69, 9.17) is 16.7 Å². The Morgan fingerprint density at radius 2 is 2.19 bits per heavy atom. The van der Waals surface area contributed by atoms with E-state index in [0.717, 1.165) is 0 Å². The van der Waals surface area contributed by atoms with E-state index in [1.54, 1.807) is 12.1 Å². The first-order chi connectivity index (χ1) is 9.97. The van der Waals surface area contributed by atoms with Crippen LogP contribution in [0, 0.1) is 10.1 Å². The van der Waals surface area contributed by atoms with Gasteiger partial charge in [-0.25, -0.2) is 9.78 Å². The molecule has 8 heteroatoms. The molecular formula is C13H10ClN3O4. The van der Waals surface area contributed by atoms with Crippen molar-refractivity contribution < 1.29 is 14.8 Å². The minimum absolute atomic E-state index is 0.00964. The molecule has 1 aromatic carbocycles. The van der Waals surface area contributed by atoms with Crippen LogP contribution in [0.2, 0.25) is 5.02 Å². The van der Waals surface area contributed by atoms with Gasteiger partial charge in [-0.05, 0) is 11.6 Å². The normalized spacial score (nSPS) is 10.1. The van der Waals surface area contributed by atoms with Crippen LogP contribution in [-0.4, -0.2) is 21.0 Å². The lowest BCUT2D eigenvalue weighted by atomic mass is 10.2. The summed E-state index contributed by atoms with van der Waals surface area (Å²) in [5, 5.41) is 22.6. The summed E-state index contributed by atoms with van der Waals surface area (Å²) in [4.78, 5) is 25.1. The average molecular weight is 308 g/mol. The van der Waals surface area contributed by atoms with Gasteiger partial charge in [0.2, 0.25) is 0 Å². The second-order valence-electron chi connectivity index (χ2n) is 4.14. The average Bonchev–Trinajstić information content (AvgIpc) is 2.46. The number of non-ortho nitro benzene ring substituents is 1. The third-order valence-corrected chi connectivity index (χ3v) is 2.98. The Balaban J connectivity index is 2.13. The van der Waals surface area contributed by atoms with Crippen LogP contribution in [0.3, 0.4) is 0 Å². The number of nitro groups is 1. The number of anilines is 1. The first-order valence-corrected chi connectivity index (χ1v) is 6.21. The summed E-state index contributed by atoms with van der Waals surface area (Å²) in [7, 11) is 0. The van der Waals surface area contributed by atoms with Gasteiger partial charge in [0, 0.05) is 24.9 Å². The Labute approximate surface area is 124 Å². The number of carbonyl (C=O) groups is 1. The van der Waals surface area contributed by atoms with Crippen molar-refractivity contribution in [2.24, 2.45) is 0 Å². The Bertz CT molecular complexity index is 706. The van der Waals surface area contributed by atoms with Crippen molar-refractivity contribution in [1.82, 2.24) is 4.98 Å². The van der Waals surface area contributed by atoms with E-state index < -0.39 is 10.9 Å². The van der Waals surface area contributed by atoms with Crippen molar-refractivity contribution in [3.63, 3.8) is 0 Å². The van der Waals surface area contributed by atoms with E-state index in [0.29, 0.717) is 11.4 Å². The zero-order valence-electron chi connectivity index (χ0n) is 10.6. The minimum atomic E-state index is -1.15. The molecule has 0 spiro atoms. The van der Waals surface area contributed by atoms with Crippen LogP contribution < -0.4 is 5.32 Å². The van der Waals surface area contributed by atoms with Crippen LogP contribution in [-0.2, 0) is 6.54 Å². The van der Waals surface area contributed by atoms with E-state index in [2.05, 4.69) is 10.3 Å². The van der Waals surface area contributed by atoms with Gasteiger partial charge in [0.15, 0.2) is 0 Å². The van der Waals surface area contributed by atoms with Gasteiger partial charge in [-0.15, -0.1) is 0 Å². The molecule has 0 saturated carbocycles. The molecule has 0 aliphatic rings. The molecule has 21 heavy (non-hydrogen) atoms. The summed E-state index contributed by atoms with van der Waals surface area (Å²) < 4.78 is 0. The molecule has 0 amide bonds. The van der Waals surface area contributed by atoms with Gasteiger partial charge in [0.25, 0.3) is 5.69 Å². The molecule has 2 rings (SSSR count). The van der Waals surface area contributed by atoms with Gasteiger partial charge < -0.3 is 10.4 Å². The molecule has 0 fully saturated rings. The zero-order valence-corrected chi connectivity index (χ0v) is 11.4. The predicted molar refractivity (Wildman–Crippen MR) is 76.6 cm³/mol. The number of aromatic carboxylic acids is 1. The van der Waals surface area contributed by atoms with Crippen molar-refractivity contribution in [3.8, 4) is 0 Å². The summed E-state index contributed by atoms with van der Waals surface area (Å²) in [5.41, 5.74) is 0.607. The summed E-state index contributed by atoms with van der Waals surface area (Å²) in [5.74, 6) is -0.830. The van der Waals surface area contributed by atoms with Crippen LogP contribution in [0.25, 0.3) is 0 Å². The Morgan fingerprint density at radius 1 is 1.43 bits per heavy atom. The highest BCUT2D eigenvalue weighted by atomic mass is 35.5. The van der Waals surface area contributed by atoms with Crippen molar-refractivity contribution in [1.29, 1.82) is 0 Å². The second kappa shape index (κ2) is 6.19. The topological polar surface area (TPSA) is 105 Å². The van der Waals surface area contributed by atoms with E-state index in [1.165, 1.54) is 24.4 Å². The smallest absolute Gasteiger partial charge is 0.337 e. The largest absolute Gasteiger partial charge is 0.478 e. The minimum Gasteiger partial charge on any atom is -0.478 e. The standard InChI is InChI=1S/C13H10ClN3O4/c14-11-7-16-12(5-10(11)13(18)19)15-6-8-2-1-3-9(4-8)17(20)21/h1-5,7H,6H2,(H,15,16)(H,18,19). The number of aromatic nitrogens is 1. The first kappa shape index (κ1) is 14.7. The monoisotopic (exact) mass is 307 g/mol. The summed E-state index contributed by atoms with van der Waals surface area (Å²) in [6, 6.07) is 7.43. The van der Waals surface area contributed by atoms with Crippen LogP contribution in [0.1, 0.15) is 15.9 Å². The third kappa shape index (κ3) is 3.67. The first-order valence-electron chi connectivity index (χ1n) is 5.83. The molecule has 1 aromatic heterocycles. The molecule has 0 saturated heterocycles. The van der Waals surface area contributed by atoms with E-state index >= 15 is 0 Å².